The molecule has 17 aliphatic rings. The number of carbonyl (C=O) groups is 3. The average Bonchev–Trinajstić information content (AvgIpc) is 0.674. The Balaban J connectivity index is 0.951. The zero-order valence-corrected chi connectivity index (χ0v) is 53.4. The number of esters is 3. The molecule has 29 heteroatoms. The quantitative estimate of drug-likeness (QED) is 0.0590. The van der Waals surface area contributed by atoms with Gasteiger partial charge in [0, 0.05) is 5.41 Å². The summed E-state index contributed by atoms with van der Waals surface area (Å²) in [5, 5.41) is 159. The standard InChI is InChI=1S/C63H98O29/c1-26-46-47(88-51-43(76)38(71)30(67)22-81-51)45(78)53(84-26)90-48-39(72)31(68)23-82-54(48)92-56(79)63-15-13-57(2,3)17-28(63)27-9-10-35-59(5)18-29(66)50(60(6,25-65)34(59)11-12-62(35,8)61(27,7)14-16-63)91-55-49(42(75)40(73)32(21-64)86-55)89-52-44(77)41(74)33(24-83-52)85-36(69)19-58(4,80)20-37(70)87-46/h9,26,28-35,38-55,64-68,71-78,80H,10-25H2,1-8H3/t26-,28-,29-,30+,31-,32+,33-,34+,35+,38-,39-,40+,41-,42-,43+,44+,45+,46-,47-,48+,49+,50-,51-,52-,53-,54-,55-,58?,59-,60-,61+,62+,63-/m0/s1. The van der Waals surface area contributed by atoms with Gasteiger partial charge in [0.05, 0.1) is 75.2 Å². The molecule has 1 unspecified atom stereocenters. The summed E-state index contributed by atoms with van der Waals surface area (Å²) >= 11 is 0. The van der Waals surface area contributed by atoms with Crippen LogP contribution in [-0.2, 0) is 71.2 Å². The molecule has 0 aromatic rings. The third kappa shape index (κ3) is 12.1. The number of aliphatic hydroxyl groups is 14. The van der Waals surface area contributed by atoms with E-state index in [9.17, 15) is 81.1 Å². The van der Waals surface area contributed by atoms with Crippen LogP contribution in [0.1, 0.15) is 126 Å². The van der Waals surface area contributed by atoms with E-state index < -0.39 is 244 Å². The van der Waals surface area contributed by atoms with Crippen LogP contribution in [0.3, 0.4) is 0 Å². The van der Waals surface area contributed by atoms with Gasteiger partial charge in [0.15, 0.2) is 43.5 Å². The Morgan fingerprint density at radius 2 is 1.21 bits per heavy atom. The topological polar surface area (TPSA) is 445 Å². The summed E-state index contributed by atoms with van der Waals surface area (Å²) < 4.78 is 72.3. The zero-order chi connectivity index (χ0) is 66.9. The number of hydrogen-bond donors (Lipinski definition) is 14. The normalized spacial score (nSPS) is 54.4. The van der Waals surface area contributed by atoms with Crippen LogP contribution in [0.2, 0.25) is 0 Å². The fourth-order valence-electron chi connectivity index (χ4n) is 18.5. The minimum absolute atomic E-state index is 0.109. The molecule has 0 amide bonds. The van der Waals surface area contributed by atoms with E-state index in [0.717, 1.165) is 12.5 Å². The van der Waals surface area contributed by atoms with Gasteiger partial charge in [-0.3, -0.25) is 14.4 Å². The van der Waals surface area contributed by atoms with Crippen molar-refractivity contribution < 1.29 is 143 Å². The Hall–Kier alpha value is -2.77. The molecule has 0 aromatic heterocycles. The molecular weight excluding hydrogens is 1220 g/mol. The van der Waals surface area contributed by atoms with Crippen molar-refractivity contribution in [1.82, 2.24) is 0 Å². The highest BCUT2D eigenvalue weighted by Gasteiger charge is 2.72. The number of allylic oxidation sites excluding steroid dienone is 2. The number of rotatable bonds is 4. The number of hydrogen-bond acceptors (Lipinski definition) is 29. The first-order valence-electron chi connectivity index (χ1n) is 32.6. The van der Waals surface area contributed by atoms with Crippen LogP contribution in [0.4, 0.5) is 0 Å². The van der Waals surface area contributed by atoms with Gasteiger partial charge in [0.1, 0.15) is 79.4 Å². The van der Waals surface area contributed by atoms with E-state index in [1.165, 1.54) is 6.92 Å². The molecule has 14 N–H and O–H groups in total. The van der Waals surface area contributed by atoms with Crippen molar-refractivity contribution in [1.29, 1.82) is 0 Å². The minimum atomic E-state index is -2.29. The molecule has 12 heterocycles. The number of aliphatic hydroxyl groups excluding tert-OH is 13. The first-order chi connectivity index (χ1) is 43.1. The van der Waals surface area contributed by atoms with Crippen LogP contribution in [0.15, 0.2) is 11.6 Å². The smallest absolute Gasteiger partial charge is 0.315 e. The lowest BCUT2D eigenvalue weighted by Crippen LogP contribution is -2.70. The van der Waals surface area contributed by atoms with Crippen LogP contribution in [0, 0.1) is 50.2 Å². The van der Waals surface area contributed by atoms with Gasteiger partial charge in [0.25, 0.3) is 0 Å². The van der Waals surface area contributed by atoms with Gasteiger partial charge in [-0.1, -0.05) is 53.2 Å². The average molecular weight is 1320 g/mol. The van der Waals surface area contributed by atoms with Crippen molar-refractivity contribution >= 4 is 17.9 Å². The Kier molecular flexibility index (Phi) is 19.8. The summed E-state index contributed by atoms with van der Waals surface area (Å²) in [5.41, 5.74) is -5.49. The van der Waals surface area contributed by atoms with Crippen molar-refractivity contribution in [2.24, 2.45) is 50.2 Å². The summed E-state index contributed by atoms with van der Waals surface area (Å²) in [4.78, 5) is 43.1. The lowest BCUT2D eigenvalue weighted by atomic mass is 9.33. The highest BCUT2D eigenvalue weighted by Crippen LogP contribution is 2.76. The largest absolute Gasteiger partial charge is 0.457 e. The number of ether oxygens (including phenoxy) is 12. The van der Waals surface area contributed by atoms with Crippen LogP contribution in [0.25, 0.3) is 0 Å². The van der Waals surface area contributed by atoms with Crippen LogP contribution in [0.5, 0.6) is 0 Å². The van der Waals surface area contributed by atoms with E-state index in [4.69, 9.17) is 56.8 Å². The van der Waals surface area contributed by atoms with Crippen LogP contribution >= 0.6 is 0 Å². The van der Waals surface area contributed by atoms with Gasteiger partial charge in [-0.15, -0.1) is 0 Å². The molecule has 12 fully saturated rings. The van der Waals surface area contributed by atoms with Crippen molar-refractivity contribution in [3.05, 3.63) is 11.6 Å². The molecule has 524 valence electrons. The first-order valence-corrected chi connectivity index (χ1v) is 32.6. The molecule has 29 nitrogen and oxygen atoms in total. The molecule has 12 bridgehead atoms. The van der Waals surface area contributed by atoms with Gasteiger partial charge in [-0.2, -0.15) is 0 Å². The van der Waals surface area contributed by atoms with Crippen molar-refractivity contribution in [3.63, 3.8) is 0 Å². The maximum absolute atomic E-state index is 15.6. The highest BCUT2D eigenvalue weighted by atomic mass is 16.8. The minimum Gasteiger partial charge on any atom is -0.457 e. The zero-order valence-electron chi connectivity index (χ0n) is 53.4. The molecule has 0 aromatic carbocycles. The van der Waals surface area contributed by atoms with Crippen LogP contribution < -0.4 is 0 Å². The maximum Gasteiger partial charge on any atom is 0.315 e. The summed E-state index contributed by atoms with van der Waals surface area (Å²) in [7, 11) is 0. The fourth-order valence-corrected chi connectivity index (χ4v) is 18.5. The molecule has 17 rings (SSSR count). The van der Waals surface area contributed by atoms with E-state index in [0.29, 0.717) is 51.4 Å². The Labute approximate surface area is 533 Å². The lowest BCUT2D eigenvalue weighted by molar-refractivity contribution is -0.377. The molecule has 92 heavy (non-hydrogen) atoms. The third-order valence-corrected chi connectivity index (χ3v) is 24.0. The second kappa shape index (κ2) is 25.8. The Bertz CT molecular complexity index is 2700. The fraction of sp³-hybridized carbons (Fsp3) is 0.921. The first kappa shape index (κ1) is 70.5. The monoisotopic (exact) mass is 1320 g/mol. The molecule has 33 atom stereocenters. The summed E-state index contributed by atoms with van der Waals surface area (Å²) in [6.45, 7) is 12.2. The van der Waals surface area contributed by atoms with Gasteiger partial charge in [0.2, 0.25) is 6.29 Å². The molecule has 5 aliphatic carbocycles. The predicted molar refractivity (Wildman–Crippen MR) is 306 cm³/mol. The molecule has 4 saturated carbocycles. The molecule has 12 aliphatic heterocycles. The molecule has 8 saturated heterocycles. The van der Waals surface area contributed by atoms with Crippen LogP contribution in [-0.4, -0.2) is 275 Å². The third-order valence-electron chi connectivity index (χ3n) is 24.0. The van der Waals surface area contributed by atoms with Crippen molar-refractivity contribution in [2.75, 3.05) is 33.0 Å². The molecule has 1 spiro atoms. The summed E-state index contributed by atoms with van der Waals surface area (Å²) in [6.07, 6.45) is -36.9. The van der Waals surface area contributed by atoms with Gasteiger partial charge < -0.3 is 128 Å². The Morgan fingerprint density at radius 1 is 0.565 bits per heavy atom. The van der Waals surface area contributed by atoms with Gasteiger partial charge in [-0.25, -0.2) is 0 Å². The SMILES string of the molecule is C[C@@H]1O[C@H]2O[C@H]3[C@@H](OC[C@H](O)[C@@H]3O)OC(=O)[C@]34CCC(C)(C)C[C@H]3C3=CC[C@@H]5[C@@]6(C)C[C@H](O)[C@H](O[C@@H]7O[C@H](CO)[C@@H](O)[C@H](O)[C@H]7O[C@@H]7OC[C@H](OC(=O)CC(C)(O)CC(=O)O[C@@H]1[C@@H](O[C@@H]1OC[C@@H](O)[C@H](O)[C@H]1O)[C@H]2O)[C@H](O)[C@H]7O)[C@@](C)(CO)[C@@H]6CC[C@@]5(C)[C@]3(C)CC4. The van der Waals surface area contributed by atoms with E-state index >= 15 is 4.79 Å². The number of carbonyl (C=O) groups excluding carboxylic acids is 3. The van der Waals surface area contributed by atoms with E-state index in [2.05, 4.69) is 40.7 Å². The second-order valence-electron chi connectivity index (χ2n) is 30.5. The maximum atomic E-state index is 15.6. The second-order valence-corrected chi connectivity index (χ2v) is 30.5. The van der Waals surface area contributed by atoms with Gasteiger partial charge >= 0.3 is 17.9 Å². The molecule has 0 radical (unpaired) electrons. The summed E-state index contributed by atoms with van der Waals surface area (Å²) in [6, 6.07) is 0. The van der Waals surface area contributed by atoms with E-state index in [1.54, 1.807) is 0 Å². The molecular formula is C63H98O29. The van der Waals surface area contributed by atoms with E-state index in [1.807, 2.05) is 6.92 Å². The van der Waals surface area contributed by atoms with Crippen molar-refractivity contribution in [3.8, 4) is 0 Å². The van der Waals surface area contributed by atoms with Gasteiger partial charge in [-0.05, 0) is 111 Å². The van der Waals surface area contributed by atoms with Crippen molar-refractivity contribution in [2.45, 2.75) is 279 Å². The predicted octanol–water partition coefficient (Wildman–Crippen LogP) is -2.68. The highest BCUT2D eigenvalue weighted by molar-refractivity contribution is 5.79. The lowest BCUT2D eigenvalue weighted by Gasteiger charge is -2.72. The Morgan fingerprint density at radius 3 is 1.90 bits per heavy atom. The summed E-state index contributed by atoms with van der Waals surface area (Å²) in [5.74, 6) is -3.90. The van der Waals surface area contributed by atoms with E-state index in [-0.39, 0.29) is 29.6 Å².